The third-order valence-electron chi connectivity index (χ3n) is 7.02. The lowest BCUT2D eigenvalue weighted by Gasteiger charge is -2.30. The quantitative estimate of drug-likeness (QED) is 0.425. The largest absolute Gasteiger partial charge is 0.409 e. The summed E-state index contributed by atoms with van der Waals surface area (Å²) >= 11 is 0. The van der Waals surface area contributed by atoms with Crippen molar-refractivity contribution in [2.45, 2.75) is 95.6 Å². The molecule has 0 N–H and O–H groups in total. The molecule has 0 unspecified atom stereocenters. The topological polar surface area (TPSA) is 0 Å². The molecule has 0 nitrogen and oxygen atoms in total. The van der Waals surface area contributed by atoms with Crippen molar-refractivity contribution in [2.75, 3.05) is 0 Å². The lowest BCUT2D eigenvalue weighted by atomic mass is 9.76. The lowest BCUT2D eigenvalue weighted by Crippen LogP contribution is -2.14. The number of halogens is 3. The van der Waals surface area contributed by atoms with Crippen LogP contribution in [0.3, 0.4) is 0 Å². The summed E-state index contributed by atoms with van der Waals surface area (Å²) in [6, 6.07) is 9.22. The van der Waals surface area contributed by atoms with Gasteiger partial charge in [0.1, 0.15) is 0 Å². The molecule has 2 fully saturated rings. The molecule has 0 atom stereocenters. The monoisotopic (exact) mass is 392 g/mol. The maximum atomic E-state index is 12.3. The van der Waals surface area contributed by atoms with Gasteiger partial charge in [-0.3, -0.25) is 0 Å². The zero-order chi connectivity index (χ0) is 20.0. The second kappa shape index (κ2) is 9.98. The number of unbranched alkanes of at least 4 members (excludes halogenated alkanes) is 1. The highest BCUT2D eigenvalue weighted by Gasteiger charge is 2.26. The van der Waals surface area contributed by atoms with Crippen LogP contribution in [0.2, 0.25) is 0 Å². The molecule has 156 valence electrons. The molecule has 0 aliphatic heterocycles. The molecular formula is C25H35F3. The number of hydrogen-bond donors (Lipinski definition) is 0. The summed E-state index contributed by atoms with van der Waals surface area (Å²) in [5, 5.41) is 0. The van der Waals surface area contributed by atoms with E-state index < -0.39 is 6.18 Å². The van der Waals surface area contributed by atoms with Crippen LogP contribution >= 0.6 is 0 Å². The average molecular weight is 393 g/mol. The Labute approximate surface area is 168 Å². The molecule has 3 rings (SSSR count). The third-order valence-corrected chi connectivity index (χ3v) is 7.02. The number of benzene rings is 1. The summed E-state index contributed by atoms with van der Waals surface area (Å²) in [7, 11) is 0. The molecule has 0 heterocycles. The Bertz CT molecular complexity index is 598. The molecule has 28 heavy (non-hydrogen) atoms. The van der Waals surface area contributed by atoms with Gasteiger partial charge in [0.05, 0.1) is 0 Å². The van der Waals surface area contributed by atoms with Crippen molar-refractivity contribution < 1.29 is 13.2 Å². The molecule has 0 amide bonds. The average Bonchev–Trinajstić information content (AvgIpc) is 2.71. The van der Waals surface area contributed by atoms with Gasteiger partial charge in [0, 0.05) is 6.08 Å². The minimum atomic E-state index is -4.18. The minimum Gasteiger partial charge on any atom is -0.167 e. The Balaban J connectivity index is 1.47. The molecule has 0 bridgehead atoms. The molecule has 0 saturated heterocycles. The summed E-state index contributed by atoms with van der Waals surface area (Å²) < 4.78 is 37.0. The molecule has 0 aromatic heterocycles. The van der Waals surface area contributed by atoms with E-state index in [4.69, 9.17) is 0 Å². The van der Waals surface area contributed by atoms with Crippen LogP contribution in [0.1, 0.15) is 101 Å². The molecule has 2 saturated carbocycles. The summed E-state index contributed by atoms with van der Waals surface area (Å²) in [5.41, 5.74) is 2.86. The number of hydrogen-bond acceptors (Lipinski definition) is 0. The van der Waals surface area contributed by atoms with Crippen LogP contribution in [-0.4, -0.2) is 6.18 Å². The number of rotatable bonds is 6. The van der Waals surface area contributed by atoms with Gasteiger partial charge in [-0.1, -0.05) is 56.5 Å². The van der Waals surface area contributed by atoms with Crippen LogP contribution in [0, 0.1) is 11.8 Å². The van der Waals surface area contributed by atoms with Crippen molar-refractivity contribution in [3.05, 3.63) is 47.5 Å². The van der Waals surface area contributed by atoms with E-state index in [1.54, 1.807) is 0 Å². The first-order valence-corrected chi connectivity index (χ1v) is 11.3. The van der Waals surface area contributed by atoms with E-state index >= 15 is 0 Å². The number of allylic oxidation sites excluding steroid dienone is 2. The fourth-order valence-electron chi connectivity index (χ4n) is 5.21. The number of alkyl halides is 3. The van der Waals surface area contributed by atoms with Crippen molar-refractivity contribution in [1.29, 1.82) is 0 Å². The van der Waals surface area contributed by atoms with Gasteiger partial charge in [-0.15, -0.1) is 0 Å². The van der Waals surface area contributed by atoms with Crippen LogP contribution < -0.4 is 0 Å². The van der Waals surface area contributed by atoms with Crippen LogP contribution in [0.5, 0.6) is 0 Å². The van der Waals surface area contributed by atoms with Crippen molar-refractivity contribution in [3.8, 4) is 0 Å². The van der Waals surface area contributed by atoms with Crippen LogP contribution in [-0.2, 0) is 0 Å². The molecule has 1 aromatic rings. The summed E-state index contributed by atoms with van der Waals surface area (Å²) in [6.45, 7) is 2.28. The Hall–Kier alpha value is -1.25. The van der Waals surface area contributed by atoms with E-state index in [-0.39, 0.29) is 5.92 Å². The first kappa shape index (κ1) is 21.5. The Kier molecular flexibility index (Phi) is 7.65. The molecule has 0 spiro atoms. The van der Waals surface area contributed by atoms with Gasteiger partial charge in [-0.25, -0.2) is 0 Å². The molecule has 2 aliphatic carbocycles. The molecule has 3 heteroatoms. The van der Waals surface area contributed by atoms with Crippen molar-refractivity contribution in [2.24, 2.45) is 11.8 Å². The fourth-order valence-corrected chi connectivity index (χ4v) is 5.21. The summed E-state index contributed by atoms with van der Waals surface area (Å²) in [4.78, 5) is 0. The first-order chi connectivity index (χ1) is 13.4. The third kappa shape index (κ3) is 6.39. The van der Waals surface area contributed by atoms with Gasteiger partial charge in [0.15, 0.2) is 0 Å². The van der Waals surface area contributed by atoms with Crippen LogP contribution in [0.15, 0.2) is 36.4 Å². The second-order valence-corrected chi connectivity index (χ2v) is 9.04. The van der Waals surface area contributed by atoms with Gasteiger partial charge in [0.25, 0.3) is 0 Å². The smallest absolute Gasteiger partial charge is 0.167 e. The first-order valence-electron chi connectivity index (χ1n) is 11.3. The molecule has 1 aromatic carbocycles. The molecule has 0 radical (unpaired) electrons. The van der Waals surface area contributed by atoms with E-state index in [9.17, 15) is 13.2 Å². The van der Waals surface area contributed by atoms with E-state index in [1.165, 1.54) is 62.1 Å². The zero-order valence-corrected chi connectivity index (χ0v) is 17.2. The fraction of sp³-hybridized carbons (Fsp3) is 0.680. The van der Waals surface area contributed by atoms with Crippen molar-refractivity contribution in [3.63, 3.8) is 0 Å². The second-order valence-electron chi connectivity index (χ2n) is 9.04. The maximum Gasteiger partial charge on any atom is 0.409 e. The van der Waals surface area contributed by atoms with Gasteiger partial charge in [-0.05, 0) is 86.2 Å². The Morgan fingerprint density at radius 2 is 1.32 bits per heavy atom. The highest BCUT2D eigenvalue weighted by Crippen LogP contribution is 2.40. The lowest BCUT2D eigenvalue weighted by molar-refractivity contribution is -0.0803. The predicted octanol–water partition coefficient (Wildman–Crippen LogP) is 8.54. The molecular weight excluding hydrogens is 357 g/mol. The van der Waals surface area contributed by atoms with E-state index in [1.807, 2.05) is 0 Å². The minimum absolute atomic E-state index is 0.0834. The zero-order valence-electron chi connectivity index (χ0n) is 17.2. The highest BCUT2D eigenvalue weighted by atomic mass is 19.4. The van der Waals surface area contributed by atoms with Gasteiger partial charge < -0.3 is 0 Å². The van der Waals surface area contributed by atoms with E-state index in [0.717, 1.165) is 37.5 Å². The highest BCUT2D eigenvalue weighted by molar-refractivity contribution is 5.28. The normalized spacial score (nSPS) is 29.3. The Morgan fingerprint density at radius 1 is 0.821 bits per heavy atom. The summed E-state index contributed by atoms with van der Waals surface area (Å²) in [5.74, 6) is 2.25. The van der Waals surface area contributed by atoms with Crippen LogP contribution in [0.4, 0.5) is 13.2 Å². The van der Waals surface area contributed by atoms with E-state index in [0.29, 0.717) is 12.0 Å². The van der Waals surface area contributed by atoms with E-state index in [2.05, 4.69) is 31.2 Å². The van der Waals surface area contributed by atoms with Crippen LogP contribution in [0.25, 0.3) is 0 Å². The summed E-state index contributed by atoms with van der Waals surface area (Å²) in [6.07, 6.45) is 10.8. The van der Waals surface area contributed by atoms with Gasteiger partial charge in [0.2, 0.25) is 0 Å². The van der Waals surface area contributed by atoms with Crippen molar-refractivity contribution in [1.82, 2.24) is 0 Å². The maximum absolute atomic E-state index is 12.3. The Morgan fingerprint density at radius 3 is 1.79 bits per heavy atom. The standard InChI is InChI=1S/C25H35F3/c1-2-3-4-19-5-9-21(10-6-19)23-13-15-24(16-14-23)22-11-7-20(8-12-22)17-18-25(26,27)28/h13-22H,2-12H2,1H3/b18-17+. The molecule has 2 aliphatic rings. The van der Waals surface area contributed by atoms with Gasteiger partial charge >= 0.3 is 6.18 Å². The predicted molar refractivity (Wildman–Crippen MR) is 111 cm³/mol. The van der Waals surface area contributed by atoms with Gasteiger partial charge in [-0.2, -0.15) is 13.2 Å². The van der Waals surface area contributed by atoms with Crippen molar-refractivity contribution >= 4 is 0 Å². The SMILES string of the molecule is CCCCC1CCC(c2ccc(C3CCC(/C=C/C(F)(F)F)CC3)cc2)CC1.